The first kappa shape index (κ1) is 22.8. The van der Waals surface area contributed by atoms with Crippen molar-refractivity contribution in [1.82, 2.24) is 24.5 Å². The third kappa shape index (κ3) is 4.28. The van der Waals surface area contributed by atoms with Crippen LogP contribution in [-0.4, -0.2) is 54.9 Å². The fourth-order valence-corrected chi connectivity index (χ4v) is 6.63. The standard InChI is InChI=1S/C26H32N6OS/c1-15(2)23-24(19-9-16(3)26-28-14-29-32(26)12-19)30-21-11-22(34-25(21)23)18-5-7-31(8-6-18)13-20(27)10-17(4)33/h9-12,14-15,18,27,30,33H,5-8,13H2,1-4H3/b17-10-,27-20?. The number of nitrogens with zero attached hydrogens (tertiary/aromatic N) is 4. The predicted molar refractivity (Wildman–Crippen MR) is 140 cm³/mol. The molecule has 3 N–H and O–H groups in total. The van der Waals surface area contributed by atoms with Gasteiger partial charge in [0.1, 0.15) is 6.33 Å². The van der Waals surface area contributed by atoms with Gasteiger partial charge in [-0.25, -0.2) is 9.50 Å². The number of rotatable bonds is 6. The second-order valence-corrected chi connectivity index (χ2v) is 10.8. The maximum absolute atomic E-state index is 9.39. The number of nitrogens with one attached hydrogen (secondary N) is 2. The van der Waals surface area contributed by atoms with Gasteiger partial charge >= 0.3 is 0 Å². The van der Waals surface area contributed by atoms with Crippen LogP contribution < -0.4 is 0 Å². The van der Waals surface area contributed by atoms with Crippen LogP contribution in [0.3, 0.4) is 0 Å². The molecule has 8 heteroatoms. The summed E-state index contributed by atoms with van der Waals surface area (Å²) in [5, 5.41) is 21.8. The SMILES string of the molecule is C/C(O)=C/C(=N)CN1CCC(c2cc3[nH]c(-c4cc(C)c5ncnn5c4)c(C(C)C)c3s2)CC1. The number of aryl methyl sites for hydroxylation is 1. The quantitative estimate of drug-likeness (QED) is 0.234. The van der Waals surface area contributed by atoms with E-state index in [1.54, 1.807) is 19.3 Å². The van der Waals surface area contributed by atoms with E-state index in [0.29, 0.717) is 24.1 Å². The van der Waals surface area contributed by atoms with Crippen LogP contribution in [0.5, 0.6) is 0 Å². The molecule has 4 aromatic heterocycles. The van der Waals surface area contributed by atoms with Gasteiger partial charge in [-0.3, -0.25) is 4.90 Å². The van der Waals surface area contributed by atoms with E-state index in [2.05, 4.69) is 59.1 Å². The van der Waals surface area contributed by atoms with Crippen molar-refractivity contribution in [1.29, 1.82) is 5.41 Å². The van der Waals surface area contributed by atoms with Crippen molar-refractivity contribution in [2.24, 2.45) is 0 Å². The van der Waals surface area contributed by atoms with Gasteiger partial charge in [-0.1, -0.05) is 13.8 Å². The zero-order valence-corrected chi connectivity index (χ0v) is 21.0. The number of thiophene rings is 1. The largest absolute Gasteiger partial charge is 0.513 e. The Bertz CT molecular complexity index is 1380. The lowest BCUT2D eigenvalue weighted by molar-refractivity contribution is 0.240. The normalized spacial score (nSPS) is 16.3. The van der Waals surface area contributed by atoms with Crippen molar-refractivity contribution in [3.8, 4) is 11.3 Å². The first-order valence-electron chi connectivity index (χ1n) is 11.9. The van der Waals surface area contributed by atoms with Gasteiger partial charge < -0.3 is 15.5 Å². The number of fused-ring (bicyclic) bond motifs is 2. The Kier molecular flexibility index (Phi) is 6.04. The van der Waals surface area contributed by atoms with Gasteiger partial charge in [0.25, 0.3) is 0 Å². The molecular weight excluding hydrogens is 444 g/mol. The lowest BCUT2D eigenvalue weighted by Crippen LogP contribution is -2.36. The third-order valence-electron chi connectivity index (χ3n) is 6.72. The molecule has 0 unspecified atom stereocenters. The van der Waals surface area contributed by atoms with Gasteiger partial charge in [0.05, 0.1) is 21.7 Å². The molecule has 0 radical (unpaired) electrons. The molecular formula is C26H32N6OS. The second-order valence-electron chi connectivity index (χ2n) is 9.76. The van der Waals surface area contributed by atoms with Crippen molar-refractivity contribution in [3.05, 3.63) is 52.5 Å². The monoisotopic (exact) mass is 476 g/mol. The van der Waals surface area contributed by atoms with Crippen LogP contribution >= 0.6 is 11.3 Å². The minimum Gasteiger partial charge on any atom is -0.513 e. The number of aromatic nitrogens is 4. The van der Waals surface area contributed by atoms with Crippen LogP contribution in [0.1, 0.15) is 61.5 Å². The van der Waals surface area contributed by atoms with Crippen LogP contribution in [0.15, 0.2) is 36.5 Å². The first-order valence-corrected chi connectivity index (χ1v) is 12.7. The number of hydrogen-bond donors (Lipinski definition) is 3. The molecule has 0 saturated carbocycles. The van der Waals surface area contributed by atoms with Crippen LogP contribution in [-0.2, 0) is 0 Å². The van der Waals surface area contributed by atoms with Crippen molar-refractivity contribution in [2.45, 2.75) is 52.4 Å². The van der Waals surface area contributed by atoms with Crippen LogP contribution in [0.2, 0.25) is 0 Å². The molecule has 1 aliphatic rings. The molecule has 0 bridgehead atoms. The topological polar surface area (TPSA) is 93.3 Å². The number of piperidine rings is 1. The lowest BCUT2D eigenvalue weighted by atomic mass is 9.95. The maximum Gasteiger partial charge on any atom is 0.158 e. The van der Waals surface area contributed by atoms with Crippen molar-refractivity contribution in [2.75, 3.05) is 19.6 Å². The molecule has 0 aliphatic carbocycles. The number of H-pyrrole nitrogens is 1. The lowest BCUT2D eigenvalue weighted by Gasteiger charge is -2.31. The van der Waals surface area contributed by atoms with E-state index in [0.717, 1.165) is 42.7 Å². The molecule has 5 heterocycles. The Hall–Kier alpha value is -2.97. The second kappa shape index (κ2) is 9.00. The molecule has 178 valence electrons. The van der Waals surface area contributed by atoms with Gasteiger partial charge in [0.15, 0.2) is 5.65 Å². The molecule has 0 atom stereocenters. The summed E-state index contributed by atoms with van der Waals surface area (Å²) in [6.45, 7) is 10.8. The number of aliphatic hydroxyl groups excluding tert-OH is 1. The molecule has 1 saturated heterocycles. The first-order chi connectivity index (χ1) is 16.3. The molecule has 0 aromatic carbocycles. The van der Waals surface area contributed by atoms with Crippen molar-refractivity contribution < 1.29 is 5.11 Å². The minimum atomic E-state index is 0.199. The van der Waals surface area contributed by atoms with Gasteiger partial charge in [-0.05, 0) is 81.0 Å². The van der Waals surface area contributed by atoms with E-state index in [9.17, 15) is 5.11 Å². The molecule has 0 spiro atoms. The zero-order valence-electron chi connectivity index (χ0n) is 20.2. The van der Waals surface area contributed by atoms with E-state index < -0.39 is 0 Å². The summed E-state index contributed by atoms with van der Waals surface area (Å²) in [5.41, 5.74) is 7.42. The Labute approximate surface area is 203 Å². The predicted octanol–water partition coefficient (Wildman–Crippen LogP) is 6.03. The highest BCUT2D eigenvalue weighted by Gasteiger charge is 2.25. The molecule has 0 amide bonds. The number of aliphatic hydroxyl groups is 1. The summed E-state index contributed by atoms with van der Waals surface area (Å²) in [4.78, 5) is 11.9. The molecule has 1 fully saturated rings. The Morgan fingerprint density at radius 2 is 2.09 bits per heavy atom. The number of likely N-dealkylation sites (tertiary alicyclic amines) is 1. The highest BCUT2D eigenvalue weighted by molar-refractivity contribution is 7.19. The summed E-state index contributed by atoms with van der Waals surface area (Å²) in [5.74, 6) is 1.16. The fourth-order valence-electron chi connectivity index (χ4n) is 5.14. The van der Waals surface area contributed by atoms with E-state index in [4.69, 9.17) is 5.41 Å². The van der Waals surface area contributed by atoms with Crippen LogP contribution in [0.25, 0.3) is 27.1 Å². The van der Waals surface area contributed by atoms with E-state index in [-0.39, 0.29) is 5.76 Å². The summed E-state index contributed by atoms with van der Waals surface area (Å²) in [6, 6.07) is 4.56. The summed E-state index contributed by atoms with van der Waals surface area (Å²) >= 11 is 1.94. The van der Waals surface area contributed by atoms with Gasteiger partial charge in [0.2, 0.25) is 0 Å². The molecule has 34 heavy (non-hydrogen) atoms. The van der Waals surface area contributed by atoms with Gasteiger partial charge in [0, 0.05) is 28.9 Å². The number of hydrogen-bond acceptors (Lipinski definition) is 6. The number of pyridine rings is 1. The highest BCUT2D eigenvalue weighted by atomic mass is 32.1. The van der Waals surface area contributed by atoms with Crippen molar-refractivity contribution in [3.63, 3.8) is 0 Å². The number of allylic oxidation sites excluding steroid dienone is 1. The summed E-state index contributed by atoms with van der Waals surface area (Å²) in [7, 11) is 0. The molecule has 5 rings (SSSR count). The molecule has 7 nitrogen and oxygen atoms in total. The zero-order chi connectivity index (χ0) is 24.0. The molecule has 4 aromatic rings. The Balaban J connectivity index is 1.39. The van der Waals surface area contributed by atoms with Gasteiger partial charge in [-0.15, -0.1) is 11.3 Å². The smallest absolute Gasteiger partial charge is 0.158 e. The van der Waals surface area contributed by atoms with E-state index >= 15 is 0 Å². The Morgan fingerprint density at radius 3 is 2.79 bits per heavy atom. The summed E-state index contributed by atoms with van der Waals surface area (Å²) < 4.78 is 3.23. The van der Waals surface area contributed by atoms with Gasteiger partial charge in [-0.2, -0.15) is 5.10 Å². The Morgan fingerprint density at radius 1 is 1.32 bits per heavy atom. The molecule has 1 aliphatic heterocycles. The van der Waals surface area contributed by atoms with Crippen LogP contribution in [0.4, 0.5) is 0 Å². The third-order valence-corrected chi connectivity index (χ3v) is 8.05. The van der Waals surface area contributed by atoms with Crippen molar-refractivity contribution >= 4 is 32.9 Å². The van der Waals surface area contributed by atoms with Crippen LogP contribution in [0, 0.1) is 12.3 Å². The number of aromatic amines is 1. The average Bonchev–Trinajstić information content (AvgIpc) is 3.47. The maximum atomic E-state index is 9.39. The van der Waals surface area contributed by atoms with E-state index in [1.807, 2.05) is 15.9 Å². The highest BCUT2D eigenvalue weighted by Crippen LogP contribution is 2.43. The average molecular weight is 477 g/mol. The fraction of sp³-hybridized carbons (Fsp3) is 0.423. The minimum absolute atomic E-state index is 0.199. The summed E-state index contributed by atoms with van der Waals surface area (Å²) in [6.07, 6.45) is 7.42. The van der Waals surface area contributed by atoms with E-state index in [1.165, 1.54) is 26.4 Å².